The molecule has 2 aliphatic carbocycles. The van der Waals surface area contributed by atoms with Crippen LogP contribution in [0.3, 0.4) is 0 Å². The third-order valence-electron chi connectivity index (χ3n) is 12.4. The number of benzene rings is 9. The van der Waals surface area contributed by atoms with Crippen molar-refractivity contribution in [3.8, 4) is 39.1 Å². The Bertz CT molecular complexity index is 3130. The highest BCUT2D eigenvalue weighted by atomic mass is 15.1. The van der Waals surface area contributed by atoms with Crippen molar-refractivity contribution in [2.75, 3.05) is 4.90 Å². The summed E-state index contributed by atoms with van der Waals surface area (Å²) in [6.45, 7) is 0. The topological polar surface area (TPSA) is 8.17 Å². The van der Waals surface area contributed by atoms with Crippen molar-refractivity contribution in [2.45, 2.75) is 5.41 Å². The molecule has 0 N–H and O–H groups in total. The maximum absolute atomic E-state index is 2.47. The van der Waals surface area contributed by atoms with Crippen molar-refractivity contribution >= 4 is 38.9 Å². The molecule has 12 rings (SSSR count). The van der Waals surface area contributed by atoms with Crippen LogP contribution >= 0.6 is 0 Å². The molecule has 1 aromatic heterocycles. The molecule has 0 unspecified atom stereocenters. The summed E-state index contributed by atoms with van der Waals surface area (Å²) in [7, 11) is 0. The summed E-state index contributed by atoms with van der Waals surface area (Å²) >= 11 is 0. The van der Waals surface area contributed by atoms with E-state index in [0.717, 1.165) is 22.7 Å². The maximum atomic E-state index is 2.47. The van der Waals surface area contributed by atoms with Gasteiger partial charge in [0.05, 0.1) is 16.4 Å². The van der Waals surface area contributed by atoms with E-state index < -0.39 is 5.41 Å². The van der Waals surface area contributed by atoms with E-state index in [4.69, 9.17) is 0 Å². The summed E-state index contributed by atoms with van der Waals surface area (Å²) in [6, 6.07) is 80.4. The first kappa shape index (κ1) is 31.9. The van der Waals surface area contributed by atoms with Crippen molar-refractivity contribution in [1.82, 2.24) is 4.57 Å². The summed E-state index contributed by atoms with van der Waals surface area (Å²) in [6.07, 6.45) is 0. The number of anilines is 3. The smallest absolute Gasteiger partial charge is 0.0726 e. The average Bonchev–Trinajstić information content (AvgIpc) is 3.89. The number of hydrogen-bond acceptors (Lipinski definition) is 1. The van der Waals surface area contributed by atoms with Crippen LogP contribution < -0.4 is 4.90 Å². The Kier molecular flexibility index (Phi) is 6.88. The van der Waals surface area contributed by atoms with Crippen molar-refractivity contribution in [3.63, 3.8) is 0 Å². The number of para-hydroxylation sites is 4. The zero-order chi connectivity index (χ0) is 37.5. The van der Waals surface area contributed by atoms with Crippen LogP contribution in [-0.2, 0) is 5.41 Å². The van der Waals surface area contributed by atoms with Gasteiger partial charge in [-0.2, -0.15) is 0 Å². The zero-order valence-electron chi connectivity index (χ0n) is 31.2. The molecule has 2 heteroatoms. The molecule has 0 aliphatic heterocycles. The standard InChI is InChI=1S/C55H36N2/c1-3-18-38(19-4-1)56(40-22-15-17-37(35-40)42-27-16-28-48-47-26-10-14-32-53(47)57(54(42)48)39-20-5-2-6-21-39)41-33-34-46-45-25-9-13-31-51(45)55(52(46)36-41)49-29-11-7-23-43(49)44-24-8-12-30-50(44)55/h1-36H. The lowest BCUT2D eigenvalue weighted by molar-refractivity contribution is 0.793. The average molecular weight is 725 g/mol. The fourth-order valence-corrected chi connectivity index (χ4v) is 10.2. The molecule has 2 aliphatic rings. The van der Waals surface area contributed by atoms with E-state index in [2.05, 4.69) is 228 Å². The highest BCUT2D eigenvalue weighted by Crippen LogP contribution is 2.63. The zero-order valence-corrected chi connectivity index (χ0v) is 31.2. The van der Waals surface area contributed by atoms with Crippen LogP contribution in [0.15, 0.2) is 218 Å². The lowest BCUT2D eigenvalue weighted by Crippen LogP contribution is -2.26. The number of aromatic nitrogens is 1. The minimum atomic E-state index is -0.417. The van der Waals surface area contributed by atoms with Gasteiger partial charge in [-0.3, -0.25) is 0 Å². The Morgan fingerprint density at radius 1 is 0.333 bits per heavy atom. The third kappa shape index (κ3) is 4.47. The molecule has 266 valence electrons. The Morgan fingerprint density at radius 3 is 1.54 bits per heavy atom. The van der Waals surface area contributed by atoms with Gasteiger partial charge >= 0.3 is 0 Å². The molecule has 0 radical (unpaired) electrons. The highest BCUT2D eigenvalue weighted by molar-refractivity contribution is 6.14. The van der Waals surface area contributed by atoms with E-state index in [1.54, 1.807) is 0 Å². The van der Waals surface area contributed by atoms with Crippen LogP contribution in [0.5, 0.6) is 0 Å². The second-order valence-corrected chi connectivity index (χ2v) is 15.2. The molecule has 1 heterocycles. The molecule has 57 heavy (non-hydrogen) atoms. The van der Waals surface area contributed by atoms with E-state index in [0.29, 0.717) is 0 Å². The first-order valence-corrected chi connectivity index (χ1v) is 19.8. The van der Waals surface area contributed by atoms with Crippen molar-refractivity contribution in [2.24, 2.45) is 0 Å². The van der Waals surface area contributed by atoms with Crippen LogP contribution in [-0.4, -0.2) is 4.57 Å². The summed E-state index contributed by atoms with van der Waals surface area (Å²) in [5, 5.41) is 2.50. The largest absolute Gasteiger partial charge is 0.310 e. The molecule has 0 saturated carbocycles. The van der Waals surface area contributed by atoms with E-state index in [1.165, 1.54) is 77.4 Å². The Balaban J connectivity index is 1.09. The molecule has 9 aromatic carbocycles. The van der Waals surface area contributed by atoms with Crippen molar-refractivity contribution in [1.29, 1.82) is 0 Å². The summed E-state index contributed by atoms with van der Waals surface area (Å²) in [4.78, 5) is 2.43. The molecule has 2 nitrogen and oxygen atoms in total. The van der Waals surface area contributed by atoms with Gasteiger partial charge in [0.15, 0.2) is 0 Å². The second-order valence-electron chi connectivity index (χ2n) is 15.2. The van der Waals surface area contributed by atoms with Crippen LogP contribution in [0, 0.1) is 0 Å². The van der Waals surface area contributed by atoms with Crippen molar-refractivity contribution < 1.29 is 0 Å². The minimum absolute atomic E-state index is 0.417. The lowest BCUT2D eigenvalue weighted by Gasteiger charge is -2.32. The van der Waals surface area contributed by atoms with Gasteiger partial charge in [0, 0.05) is 39.1 Å². The van der Waals surface area contributed by atoms with Crippen molar-refractivity contribution in [3.05, 3.63) is 241 Å². The van der Waals surface area contributed by atoms with Gasteiger partial charge in [-0.25, -0.2) is 0 Å². The predicted octanol–water partition coefficient (Wildman–Crippen LogP) is 14.3. The second kappa shape index (κ2) is 12.3. The van der Waals surface area contributed by atoms with Crippen LogP contribution in [0.1, 0.15) is 22.3 Å². The quantitative estimate of drug-likeness (QED) is 0.172. The van der Waals surface area contributed by atoms with Gasteiger partial charge in [-0.1, -0.05) is 164 Å². The van der Waals surface area contributed by atoms with Gasteiger partial charge < -0.3 is 9.47 Å². The summed E-state index contributed by atoms with van der Waals surface area (Å²) in [5.41, 5.74) is 19.5. The molecule has 0 atom stereocenters. The van der Waals surface area contributed by atoms with Gasteiger partial charge in [0.25, 0.3) is 0 Å². The Morgan fingerprint density at radius 2 is 0.842 bits per heavy atom. The molecule has 10 aromatic rings. The first-order chi connectivity index (χ1) is 28.3. The van der Waals surface area contributed by atoms with Gasteiger partial charge in [-0.15, -0.1) is 0 Å². The molecule has 1 spiro atoms. The summed E-state index contributed by atoms with van der Waals surface area (Å²) in [5.74, 6) is 0. The number of fused-ring (bicyclic) bond motifs is 13. The lowest BCUT2D eigenvalue weighted by atomic mass is 9.70. The molecule has 0 fully saturated rings. The van der Waals surface area contributed by atoms with E-state index in [9.17, 15) is 0 Å². The fraction of sp³-hybridized carbons (Fsp3) is 0.0182. The summed E-state index contributed by atoms with van der Waals surface area (Å²) < 4.78 is 2.43. The van der Waals surface area contributed by atoms with Crippen LogP contribution in [0.4, 0.5) is 17.1 Å². The van der Waals surface area contributed by atoms with Gasteiger partial charge in [-0.05, 0) is 105 Å². The number of nitrogens with zero attached hydrogens (tertiary/aromatic N) is 2. The minimum Gasteiger partial charge on any atom is -0.310 e. The highest BCUT2D eigenvalue weighted by Gasteiger charge is 2.51. The number of rotatable bonds is 5. The molecular weight excluding hydrogens is 689 g/mol. The van der Waals surface area contributed by atoms with E-state index in [-0.39, 0.29) is 0 Å². The normalized spacial score (nSPS) is 13.1. The first-order valence-electron chi connectivity index (χ1n) is 19.8. The van der Waals surface area contributed by atoms with E-state index in [1.807, 2.05) is 0 Å². The van der Waals surface area contributed by atoms with E-state index >= 15 is 0 Å². The number of hydrogen-bond donors (Lipinski definition) is 0. The van der Waals surface area contributed by atoms with Gasteiger partial charge in [0.1, 0.15) is 0 Å². The molecular formula is C55H36N2. The fourth-order valence-electron chi connectivity index (χ4n) is 10.2. The molecule has 0 saturated heterocycles. The van der Waals surface area contributed by atoms with Crippen LogP contribution in [0.25, 0.3) is 60.9 Å². The Hall–Kier alpha value is -7.42. The molecule has 0 amide bonds. The molecule has 0 bridgehead atoms. The maximum Gasteiger partial charge on any atom is 0.0726 e. The van der Waals surface area contributed by atoms with Crippen LogP contribution in [0.2, 0.25) is 0 Å². The van der Waals surface area contributed by atoms with Gasteiger partial charge in [0.2, 0.25) is 0 Å². The monoisotopic (exact) mass is 724 g/mol. The predicted molar refractivity (Wildman–Crippen MR) is 237 cm³/mol. The Labute approximate surface area is 332 Å². The SMILES string of the molecule is c1ccc(N(c2cccc(-c3cccc4c5ccccc5n(-c5ccccc5)c34)c2)c2ccc3c(c2)C2(c4ccccc4-c4ccccc42)c2ccccc2-3)cc1. The third-order valence-corrected chi connectivity index (χ3v) is 12.4.